The Morgan fingerprint density at radius 1 is 1.08 bits per heavy atom. The van der Waals surface area contributed by atoms with E-state index < -0.39 is 0 Å². The average molecular weight is 344 g/mol. The van der Waals surface area contributed by atoms with Crippen molar-refractivity contribution in [2.24, 2.45) is 5.92 Å². The van der Waals surface area contributed by atoms with Gasteiger partial charge in [0.25, 0.3) is 0 Å². The van der Waals surface area contributed by atoms with Gasteiger partial charge in [-0.05, 0) is 43.2 Å². The van der Waals surface area contributed by atoms with E-state index in [1.54, 1.807) is 6.07 Å². The number of carbonyl (C=O) groups excluding carboxylic acids is 1. The molecule has 3 unspecified atom stereocenters. The first kappa shape index (κ1) is 17.0. The van der Waals surface area contributed by atoms with E-state index in [4.69, 9.17) is 0 Å². The second-order valence-corrected chi connectivity index (χ2v) is 8.10. The maximum absolute atomic E-state index is 13.9. The molecule has 1 aliphatic heterocycles. The van der Waals surface area contributed by atoms with E-state index in [0.29, 0.717) is 5.56 Å². The van der Waals surface area contributed by atoms with Gasteiger partial charge < -0.3 is 5.32 Å². The summed E-state index contributed by atoms with van der Waals surface area (Å²) in [6, 6.07) is 7.86. The lowest BCUT2D eigenvalue weighted by atomic mass is 10.1. The number of hydrogen-bond acceptors (Lipinski definition) is 2. The number of halogens is 1. The maximum atomic E-state index is 13.9. The number of nitrogens with one attached hydrogen (secondary N) is 1. The van der Waals surface area contributed by atoms with Crippen molar-refractivity contribution < 1.29 is 9.18 Å². The normalized spacial score (nSPS) is 30.8. The van der Waals surface area contributed by atoms with Gasteiger partial charge >= 0.3 is 0 Å². The molecule has 1 saturated heterocycles. The Balaban J connectivity index is 1.27. The molecule has 1 aromatic carbocycles. The van der Waals surface area contributed by atoms with Crippen LogP contribution in [0.1, 0.15) is 62.8 Å². The standard InChI is InChI=1S/C21H29FN2O/c22-20-10-6-5-9-17(20)18-13-19(18)21(25)23-15-11-12-24(14-15)16-7-3-1-2-4-8-16/h5-6,9-10,15-16,18-19H,1-4,7-8,11-14H2,(H,23,25). The van der Waals surface area contributed by atoms with Crippen molar-refractivity contribution in [1.29, 1.82) is 0 Å². The molecule has 2 aliphatic carbocycles. The Labute approximate surface area is 150 Å². The summed E-state index contributed by atoms with van der Waals surface area (Å²) in [5, 5.41) is 3.24. The fourth-order valence-electron chi connectivity index (χ4n) is 4.77. The Kier molecular flexibility index (Phi) is 5.07. The number of likely N-dealkylation sites (tertiary alicyclic amines) is 1. The van der Waals surface area contributed by atoms with Crippen molar-refractivity contribution in [3.63, 3.8) is 0 Å². The first-order valence-electron chi connectivity index (χ1n) is 10.0. The number of hydrogen-bond donors (Lipinski definition) is 1. The van der Waals surface area contributed by atoms with Crippen LogP contribution in [0.2, 0.25) is 0 Å². The maximum Gasteiger partial charge on any atom is 0.224 e. The minimum atomic E-state index is -0.178. The lowest BCUT2D eigenvalue weighted by Crippen LogP contribution is -2.40. The molecule has 0 bridgehead atoms. The first-order chi connectivity index (χ1) is 12.2. The van der Waals surface area contributed by atoms with Gasteiger partial charge in [0.2, 0.25) is 5.91 Å². The summed E-state index contributed by atoms with van der Waals surface area (Å²) in [7, 11) is 0. The summed E-state index contributed by atoms with van der Waals surface area (Å²) in [5.74, 6) is -0.0198. The van der Waals surface area contributed by atoms with Gasteiger partial charge in [-0.25, -0.2) is 4.39 Å². The Morgan fingerprint density at radius 3 is 2.60 bits per heavy atom. The molecule has 4 rings (SSSR count). The number of rotatable bonds is 4. The molecule has 3 aliphatic rings. The van der Waals surface area contributed by atoms with E-state index in [1.165, 1.54) is 44.6 Å². The Bertz CT molecular complexity index is 612. The summed E-state index contributed by atoms with van der Waals surface area (Å²) in [5.41, 5.74) is 0.703. The molecule has 3 atom stereocenters. The average Bonchev–Trinajstić information content (AvgIpc) is 3.35. The van der Waals surface area contributed by atoms with Crippen LogP contribution in [0.25, 0.3) is 0 Å². The van der Waals surface area contributed by atoms with Crippen LogP contribution in [0.15, 0.2) is 24.3 Å². The fraction of sp³-hybridized carbons (Fsp3) is 0.667. The quantitative estimate of drug-likeness (QED) is 0.842. The molecule has 2 saturated carbocycles. The second-order valence-electron chi connectivity index (χ2n) is 8.10. The third kappa shape index (κ3) is 3.89. The van der Waals surface area contributed by atoms with Crippen molar-refractivity contribution in [1.82, 2.24) is 10.2 Å². The molecule has 25 heavy (non-hydrogen) atoms. The fourth-order valence-corrected chi connectivity index (χ4v) is 4.77. The summed E-state index contributed by atoms with van der Waals surface area (Å²) >= 11 is 0. The molecule has 1 amide bonds. The molecular formula is C21H29FN2O. The highest BCUT2D eigenvalue weighted by atomic mass is 19.1. The smallest absolute Gasteiger partial charge is 0.224 e. The third-order valence-corrected chi connectivity index (χ3v) is 6.34. The largest absolute Gasteiger partial charge is 0.352 e. The monoisotopic (exact) mass is 344 g/mol. The van der Waals surface area contributed by atoms with Crippen molar-refractivity contribution in [2.75, 3.05) is 13.1 Å². The summed E-state index contributed by atoms with van der Waals surface area (Å²) in [6.45, 7) is 2.10. The van der Waals surface area contributed by atoms with Crippen molar-refractivity contribution in [3.05, 3.63) is 35.6 Å². The van der Waals surface area contributed by atoms with Crippen LogP contribution in [0, 0.1) is 11.7 Å². The molecule has 3 fully saturated rings. The van der Waals surface area contributed by atoms with Gasteiger partial charge in [0.1, 0.15) is 5.82 Å². The molecule has 0 aromatic heterocycles. The zero-order chi connectivity index (χ0) is 17.2. The number of nitrogens with zero attached hydrogens (tertiary/aromatic N) is 1. The summed E-state index contributed by atoms with van der Waals surface area (Å²) < 4.78 is 13.9. The van der Waals surface area contributed by atoms with Crippen LogP contribution < -0.4 is 5.32 Å². The molecule has 136 valence electrons. The second kappa shape index (κ2) is 7.45. The van der Waals surface area contributed by atoms with Gasteiger partial charge in [0, 0.05) is 31.1 Å². The molecule has 3 nitrogen and oxygen atoms in total. The molecule has 0 spiro atoms. The number of carbonyl (C=O) groups is 1. The minimum absolute atomic E-state index is 0.0381. The van der Waals surface area contributed by atoms with Gasteiger partial charge in [-0.15, -0.1) is 0 Å². The molecular weight excluding hydrogens is 315 g/mol. The van der Waals surface area contributed by atoms with Gasteiger partial charge in [0.15, 0.2) is 0 Å². The minimum Gasteiger partial charge on any atom is -0.352 e. The Hall–Kier alpha value is -1.42. The first-order valence-corrected chi connectivity index (χ1v) is 10.0. The lowest BCUT2D eigenvalue weighted by Gasteiger charge is -2.26. The Morgan fingerprint density at radius 2 is 1.84 bits per heavy atom. The van der Waals surface area contributed by atoms with Crippen LogP contribution >= 0.6 is 0 Å². The lowest BCUT2D eigenvalue weighted by molar-refractivity contribution is -0.123. The van der Waals surface area contributed by atoms with Crippen LogP contribution in [-0.4, -0.2) is 36.0 Å². The molecule has 1 aromatic rings. The van der Waals surface area contributed by atoms with Crippen LogP contribution in [0.5, 0.6) is 0 Å². The molecule has 4 heteroatoms. The van der Waals surface area contributed by atoms with Crippen molar-refractivity contribution in [2.45, 2.75) is 69.4 Å². The van der Waals surface area contributed by atoms with Crippen molar-refractivity contribution >= 4 is 5.91 Å². The zero-order valence-corrected chi connectivity index (χ0v) is 14.9. The van der Waals surface area contributed by atoms with E-state index in [1.807, 2.05) is 12.1 Å². The van der Waals surface area contributed by atoms with Gasteiger partial charge in [-0.3, -0.25) is 9.69 Å². The van der Waals surface area contributed by atoms with Gasteiger partial charge in [-0.1, -0.05) is 43.9 Å². The SMILES string of the molecule is O=C(NC1CCN(C2CCCCCC2)C1)C1CC1c1ccccc1F. The third-order valence-electron chi connectivity index (χ3n) is 6.34. The van der Waals surface area contributed by atoms with E-state index >= 15 is 0 Å². The molecule has 1 heterocycles. The van der Waals surface area contributed by atoms with Crippen LogP contribution in [-0.2, 0) is 4.79 Å². The topological polar surface area (TPSA) is 32.3 Å². The predicted octanol–water partition coefficient (Wildman–Crippen LogP) is 3.84. The highest BCUT2D eigenvalue weighted by molar-refractivity contribution is 5.83. The van der Waals surface area contributed by atoms with E-state index in [9.17, 15) is 9.18 Å². The van der Waals surface area contributed by atoms with Crippen LogP contribution in [0.4, 0.5) is 4.39 Å². The van der Waals surface area contributed by atoms with Gasteiger partial charge in [0.05, 0.1) is 0 Å². The zero-order valence-electron chi connectivity index (χ0n) is 14.9. The predicted molar refractivity (Wildman–Crippen MR) is 96.9 cm³/mol. The van der Waals surface area contributed by atoms with E-state index in [2.05, 4.69) is 10.2 Å². The highest BCUT2D eigenvalue weighted by Gasteiger charge is 2.46. The number of amides is 1. The molecule has 0 radical (unpaired) electrons. The highest BCUT2D eigenvalue weighted by Crippen LogP contribution is 2.48. The number of benzene rings is 1. The van der Waals surface area contributed by atoms with Gasteiger partial charge in [-0.2, -0.15) is 0 Å². The summed E-state index contributed by atoms with van der Waals surface area (Å²) in [6.07, 6.45) is 9.94. The van der Waals surface area contributed by atoms with Crippen molar-refractivity contribution in [3.8, 4) is 0 Å². The van der Waals surface area contributed by atoms with E-state index in [-0.39, 0.29) is 29.6 Å². The van der Waals surface area contributed by atoms with Crippen LogP contribution in [0.3, 0.4) is 0 Å². The van der Waals surface area contributed by atoms with E-state index in [0.717, 1.165) is 32.0 Å². The molecule has 1 N–H and O–H groups in total. The summed E-state index contributed by atoms with van der Waals surface area (Å²) in [4.78, 5) is 15.1.